The van der Waals surface area contributed by atoms with E-state index >= 15 is 0 Å². The Morgan fingerprint density at radius 3 is 1.89 bits per heavy atom. The molecule has 288 valence electrons. The van der Waals surface area contributed by atoms with Crippen LogP contribution in [0.3, 0.4) is 0 Å². The highest BCUT2D eigenvalue weighted by Gasteiger charge is 2.37. The minimum atomic E-state index is -0.198. The Bertz CT molecular complexity index is 3490. The van der Waals surface area contributed by atoms with E-state index in [4.69, 9.17) is 9.97 Å². The van der Waals surface area contributed by atoms with Gasteiger partial charge in [-0.2, -0.15) is 0 Å². The van der Waals surface area contributed by atoms with Gasteiger partial charge in [0.15, 0.2) is 5.82 Å². The van der Waals surface area contributed by atoms with Crippen molar-refractivity contribution < 1.29 is 0 Å². The Morgan fingerprint density at radius 1 is 0.410 bits per heavy atom. The fourth-order valence-electron chi connectivity index (χ4n) is 9.77. The largest absolute Gasteiger partial charge is 0.310 e. The topological polar surface area (TPSA) is 34.0 Å². The highest BCUT2D eigenvalue weighted by molar-refractivity contribution is 6.22. The van der Waals surface area contributed by atoms with Gasteiger partial charge in [-0.05, 0) is 112 Å². The van der Waals surface area contributed by atoms with Gasteiger partial charge >= 0.3 is 0 Å². The smallest absolute Gasteiger partial charge is 0.160 e. The Labute approximate surface area is 354 Å². The third-order valence-electron chi connectivity index (χ3n) is 12.8. The molecule has 12 rings (SSSR count). The lowest BCUT2D eigenvalue weighted by molar-refractivity contribution is 0.632. The zero-order chi connectivity index (χ0) is 40.7. The van der Waals surface area contributed by atoms with E-state index in [0.29, 0.717) is 5.82 Å². The zero-order valence-corrected chi connectivity index (χ0v) is 33.9. The molecule has 0 N–H and O–H groups in total. The number of hydrogen-bond donors (Lipinski definition) is 0. The molecule has 0 saturated carbocycles. The zero-order valence-electron chi connectivity index (χ0n) is 33.9. The molecule has 0 radical (unpaired) electrons. The second-order valence-electron chi connectivity index (χ2n) is 16.6. The van der Waals surface area contributed by atoms with Crippen molar-refractivity contribution >= 4 is 60.5 Å². The average molecular weight is 781 g/mol. The van der Waals surface area contributed by atoms with Crippen molar-refractivity contribution in [2.24, 2.45) is 0 Å². The van der Waals surface area contributed by atoms with E-state index in [0.717, 1.165) is 39.1 Å². The molecule has 0 unspecified atom stereocenters. The van der Waals surface area contributed by atoms with E-state index in [1.807, 2.05) is 12.1 Å². The van der Waals surface area contributed by atoms with Gasteiger partial charge in [0.1, 0.15) is 0 Å². The fourth-order valence-corrected chi connectivity index (χ4v) is 9.77. The molecule has 9 aromatic carbocycles. The maximum atomic E-state index is 5.15. The Morgan fingerprint density at radius 2 is 1.05 bits per heavy atom. The number of para-hydroxylation sites is 3. The molecule has 4 heteroatoms. The van der Waals surface area contributed by atoms with E-state index in [9.17, 15) is 0 Å². The van der Waals surface area contributed by atoms with Crippen LogP contribution in [0, 0.1) is 0 Å². The fraction of sp³-hybridized carbons (Fsp3) is 0.0526. The molecule has 0 aliphatic carbocycles. The van der Waals surface area contributed by atoms with Crippen molar-refractivity contribution in [3.05, 3.63) is 217 Å². The lowest BCUT2D eigenvalue weighted by Crippen LogP contribution is -2.30. The van der Waals surface area contributed by atoms with Gasteiger partial charge in [-0.25, -0.2) is 9.97 Å². The van der Waals surface area contributed by atoms with Crippen molar-refractivity contribution in [3.63, 3.8) is 0 Å². The molecule has 3 heterocycles. The van der Waals surface area contributed by atoms with Crippen molar-refractivity contribution in [3.8, 4) is 39.5 Å². The second-order valence-corrected chi connectivity index (χ2v) is 16.6. The van der Waals surface area contributed by atoms with Gasteiger partial charge in [-0.3, -0.25) is 0 Å². The van der Waals surface area contributed by atoms with Crippen LogP contribution in [0.15, 0.2) is 206 Å². The van der Waals surface area contributed by atoms with Crippen molar-refractivity contribution in [2.45, 2.75) is 19.3 Å². The van der Waals surface area contributed by atoms with Gasteiger partial charge in [-0.1, -0.05) is 141 Å². The standard InChI is InChI=1S/C57H40N4/c1-57(2)47-22-12-14-24-51(47)61(42-18-7-4-8-19-42)52-33-29-41(36-48(52)57)40-28-32-50-46(35-40)54-44-20-10-9-15-37(44)27-34-53(54)60(50)43-30-25-39(26-31-43)56-58-49-23-13-11-21-45(49)55(59-56)38-16-5-3-6-17-38/h3-36H,1-2H3. The summed E-state index contributed by atoms with van der Waals surface area (Å²) in [6.07, 6.45) is 0. The molecular weight excluding hydrogens is 741 g/mol. The first-order valence-corrected chi connectivity index (χ1v) is 21.0. The molecule has 11 aromatic rings. The molecule has 1 aliphatic heterocycles. The molecular formula is C57H40N4. The summed E-state index contributed by atoms with van der Waals surface area (Å²) in [5, 5.41) is 6.01. The first-order chi connectivity index (χ1) is 30.0. The molecule has 61 heavy (non-hydrogen) atoms. The normalized spacial score (nSPS) is 13.2. The molecule has 0 spiro atoms. The van der Waals surface area contributed by atoms with Gasteiger partial charge in [-0.15, -0.1) is 0 Å². The summed E-state index contributed by atoms with van der Waals surface area (Å²) in [6, 6.07) is 74.3. The van der Waals surface area contributed by atoms with Crippen LogP contribution >= 0.6 is 0 Å². The number of aromatic nitrogens is 3. The van der Waals surface area contributed by atoms with E-state index < -0.39 is 0 Å². The van der Waals surface area contributed by atoms with Crippen LogP contribution in [0.2, 0.25) is 0 Å². The SMILES string of the molecule is CC1(C)c2ccccc2N(c2ccccc2)c2ccc(-c3ccc4c(c3)c3c5ccccc5ccc3n4-c3ccc(-c4nc(-c5ccccc5)c5ccccc5n4)cc3)cc21. The van der Waals surface area contributed by atoms with Crippen LogP contribution in [0.1, 0.15) is 25.0 Å². The molecule has 0 bridgehead atoms. The predicted octanol–water partition coefficient (Wildman–Crippen LogP) is 15.0. The highest BCUT2D eigenvalue weighted by atomic mass is 15.2. The third-order valence-corrected chi connectivity index (χ3v) is 12.8. The van der Waals surface area contributed by atoms with Gasteiger partial charge in [0.05, 0.1) is 33.6 Å². The summed E-state index contributed by atoms with van der Waals surface area (Å²) in [7, 11) is 0. The van der Waals surface area contributed by atoms with Crippen LogP contribution in [-0.2, 0) is 5.41 Å². The number of benzene rings is 9. The average Bonchev–Trinajstić information content (AvgIpc) is 3.66. The number of anilines is 3. The lowest BCUT2D eigenvalue weighted by Gasteiger charge is -2.42. The van der Waals surface area contributed by atoms with E-state index in [-0.39, 0.29) is 5.41 Å². The lowest BCUT2D eigenvalue weighted by atomic mass is 9.73. The van der Waals surface area contributed by atoms with Gasteiger partial charge < -0.3 is 9.47 Å². The third kappa shape index (κ3) is 5.53. The summed E-state index contributed by atoms with van der Waals surface area (Å²) < 4.78 is 2.41. The molecule has 2 aromatic heterocycles. The predicted molar refractivity (Wildman–Crippen MR) is 255 cm³/mol. The summed E-state index contributed by atoms with van der Waals surface area (Å²) >= 11 is 0. The summed E-state index contributed by atoms with van der Waals surface area (Å²) in [5.74, 6) is 0.713. The highest BCUT2D eigenvalue weighted by Crippen LogP contribution is 2.52. The molecule has 4 nitrogen and oxygen atoms in total. The Balaban J connectivity index is 1.00. The van der Waals surface area contributed by atoms with Crippen LogP contribution < -0.4 is 4.90 Å². The van der Waals surface area contributed by atoms with Gasteiger partial charge in [0.25, 0.3) is 0 Å². The van der Waals surface area contributed by atoms with Crippen LogP contribution in [0.25, 0.3) is 82.9 Å². The monoisotopic (exact) mass is 780 g/mol. The maximum Gasteiger partial charge on any atom is 0.160 e. The number of rotatable bonds is 5. The Hall–Kier alpha value is -7.82. The number of hydrogen-bond acceptors (Lipinski definition) is 3. The van der Waals surface area contributed by atoms with Gasteiger partial charge in [0, 0.05) is 44.1 Å². The van der Waals surface area contributed by atoms with Crippen LogP contribution in [0.5, 0.6) is 0 Å². The van der Waals surface area contributed by atoms with Gasteiger partial charge in [0.2, 0.25) is 0 Å². The minimum Gasteiger partial charge on any atom is -0.310 e. The number of nitrogens with zero attached hydrogens (tertiary/aromatic N) is 4. The van der Waals surface area contributed by atoms with Crippen LogP contribution in [0.4, 0.5) is 17.1 Å². The maximum absolute atomic E-state index is 5.15. The molecule has 0 fully saturated rings. The minimum absolute atomic E-state index is 0.198. The van der Waals surface area contributed by atoms with E-state index in [1.165, 1.54) is 66.2 Å². The first-order valence-electron chi connectivity index (χ1n) is 21.0. The summed E-state index contributed by atoms with van der Waals surface area (Å²) in [4.78, 5) is 12.6. The first kappa shape index (κ1) is 35.2. The van der Waals surface area contributed by atoms with E-state index in [1.54, 1.807) is 0 Å². The van der Waals surface area contributed by atoms with Crippen molar-refractivity contribution in [2.75, 3.05) is 4.90 Å². The quantitative estimate of drug-likeness (QED) is 0.174. The Kier molecular flexibility index (Phi) is 7.85. The molecule has 1 aliphatic rings. The van der Waals surface area contributed by atoms with Crippen molar-refractivity contribution in [1.29, 1.82) is 0 Å². The molecule has 0 atom stereocenters. The summed E-state index contributed by atoms with van der Waals surface area (Å²) in [5.41, 5.74) is 15.8. The molecule has 0 amide bonds. The van der Waals surface area contributed by atoms with Crippen LogP contribution in [-0.4, -0.2) is 14.5 Å². The second kappa shape index (κ2) is 13.6. The molecule has 0 saturated heterocycles. The number of fused-ring (bicyclic) bond motifs is 8. The summed E-state index contributed by atoms with van der Waals surface area (Å²) in [6.45, 7) is 4.72. The van der Waals surface area contributed by atoms with Crippen molar-refractivity contribution in [1.82, 2.24) is 14.5 Å². The van der Waals surface area contributed by atoms with E-state index in [2.05, 4.69) is 217 Å².